The van der Waals surface area contributed by atoms with Crippen molar-refractivity contribution >= 4 is 39.1 Å². The van der Waals surface area contributed by atoms with Gasteiger partial charge in [-0.25, -0.2) is 4.98 Å². The van der Waals surface area contributed by atoms with Crippen molar-refractivity contribution < 1.29 is 4.79 Å². The number of aryl methyl sites for hydroxylation is 1. The van der Waals surface area contributed by atoms with Gasteiger partial charge in [-0.15, -0.1) is 0 Å². The minimum absolute atomic E-state index is 0.305. The Morgan fingerprint density at radius 1 is 1.26 bits per heavy atom. The summed E-state index contributed by atoms with van der Waals surface area (Å²) >= 11 is 0. The number of unbranched alkanes of at least 4 members (excludes halogenated alkanes) is 1. The minimum Gasteiger partial charge on any atom is -0.353 e. The number of aromatic nitrogens is 4. The zero-order valence-electron chi connectivity index (χ0n) is 15.7. The number of hydrogen-bond donors (Lipinski definition) is 0. The average molecular weight is 407 g/mol. The van der Waals surface area contributed by atoms with E-state index in [0.717, 1.165) is 49.4 Å². The van der Waals surface area contributed by atoms with Gasteiger partial charge in [0.1, 0.15) is 12.1 Å². The molecule has 1 amide bonds. The van der Waals surface area contributed by atoms with Crippen LogP contribution in [0.4, 0.5) is 5.82 Å². The summed E-state index contributed by atoms with van der Waals surface area (Å²) in [7, 11) is 4.02. The Labute approximate surface area is 167 Å². The van der Waals surface area contributed by atoms with Gasteiger partial charge in [0.05, 0.1) is 0 Å². The second-order valence-corrected chi connectivity index (χ2v) is 9.96. The third kappa shape index (κ3) is 4.51. The normalized spacial score (nSPS) is 20.6. The second-order valence-electron chi connectivity index (χ2n) is 7.17. The summed E-state index contributed by atoms with van der Waals surface area (Å²) in [5.41, 5.74) is 0.933. The molecule has 2 fully saturated rings. The SMILES string of the molecule is Cc1cc(N2CCN(C(=O)CCCCC3CCSS3)CC2)n2ncnc2n1. The van der Waals surface area contributed by atoms with Gasteiger partial charge in [0, 0.05) is 55.4 Å². The van der Waals surface area contributed by atoms with E-state index in [1.807, 2.05) is 39.5 Å². The fraction of sp³-hybridized carbons (Fsp3) is 0.667. The van der Waals surface area contributed by atoms with Gasteiger partial charge in [0.25, 0.3) is 5.78 Å². The van der Waals surface area contributed by atoms with Crippen molar-refractivity contribution in [1.82, 2.24) is 24.5 Å². The molecule has 0 bridgehead atoms. The van der Waals surface area contributed by atoms with Gasteiger partial charge in [-0.05, 0) is 26.2 Å². The third-order valence-electron chi connectivity index (χ3n) is 5.21. The number of hydrogen-bond acceptors (Lipinski definition) is 7. The Kier molecular flexibility index (Phi) is 6.07. The molecule has 2 aromatic heterocycles. The summed E-state index contributed by atoms with van der Waals surface area (Å²) < 4.78 is 1.78. The molecule has 146 valence electrons. The lowest BCUT2D eigenvalue weighted by Gasteiger charge is -2.36. The maximum absolute atomic E-state index is 12.5. The van der Waals surface area contributed by atoms with Crippen LogP contribution in [0.2, 0.25) is 0 Å². The van der Waals surface area contributed by atoms with E-state index in [0.29, 0.717) is 18.1 Å². The number of carbonyl (C=O) groups is 1. The van der Waals surface area contributed by atoms with Crippen molar-refractivity contribution in [2.75, 3.05) is 36.8 Å². The molecule has 0 spiro atoms. The van der Waals surface area contributed by atoms with E-state index in [2.05, 4.69) is 20.0 Å². The predicted octanol–water partition coefficient (Wildman–Crippen LogP) is 2.80. The van der Waals surface area contributed by atoms with Crippen molar-refractivity contribution in [3.05, 3.63) is 18.1 Å². The molecule has 9 heteroatoms. The van der Waals surface area contributed by atoms with Crippen LogP contribution in [0.5, 0.6) is 0 Å². The highest BCUT2D eigenvalue weighted by Crippen LogP contribution is 2.39. The van der Waals surface area contributed by atoms with Crippen LogP contribution < -0.4 is 4.90 Å². The van der Waals surface area contributed by atoms with Gasteiger partial charge in [0.2, 0.25) is 5.91 Å². The van der Waals surface area contributed by atoms with E-state index < -0.39 is 0 Å². The van der Waals surface area contributed by atoms with Gasteiger partial charge in [-0.3, -0.25) is 4.79 Å². The lowest BCUT2D eigenvalue weighted by Crippen LogP contribution is -2.49. The maximum Gasteiger partial charge on any atom is 0.254 e. The van der Waals surface area contributed by atoms with E-state index in [1.54, 1.807) is 4.52 Å². The number of anilines is 1. The standard InChI is InChI=1S/C18H26N6OS2/c1-14-12-16(24-18(21-14)19-13-20-24)22-7-9-23(10-8-22)17(25)5-3-2-4-15-6-11-26-27-15/h12-13,15H,2-11H2,1H3. The van der Waals surface area contributed by atoms with E-state index in [-0.39, 0.29) is 0 Å². The first-order valence-electron chi connectivity index (χ1n) is 9.69. The summed E-state index contributed by atoms with van der Waals surface area (Å²) in [4.78, 5) is 25.4. The number of piperazine rings is 1. The molecule has 2 aliphatic heterocycles. The van der Waals surface area contributed by atoms with Crippen LogP contribution in [0.1, 0.15) is 37.8 Å². The zero-order chi connectivity index (χ0) is 18.6. The molecule has 0 aliphatic carbocycles. The molecule has 0 aromatic carbocycles. The zero-order valence-corrected chi connectivity index (χ0v) is 17.3. The van der Waals surface area contributed by atoms with Crippen LogP contribution >= 0.6 is 21.6 Å². The maximum atomic E-state index is 12.5. The van der Waals surface area contributed by atoms with Crippen LogP contribution in [0.3, 0.4) is 0 Å². The van der Waals surface area contributed by atoms with Crippen LogP contribution in [0.25, 0.3) is 5.78 Å². The molecule has 7 nitrogen and oxygen atoms in total. The van der Waals surface area contributed by atoms with Gasteiger partial charge in [-0.1, -0.05) is 28.0 Å². The molecule has 2 aromatic rings. The van der Waals surface area contributed by atoms with Gasteiger partial charge < -0.3 is 9.80 Å². The van der Waals surface area contributed by atoms with Crippen molar-refractivity contribution in [3.8, 4) is 0 Å². The van der Waals surface area contributed by atoms with Crippen molar-refractivity contribution in [2.24, 2.45) is 0 Å². The monoisotopic (exact) mass is 406 g/mol. The molecular formula is C18H26N6OS2. The first-order valence-corrected chi connectivity index (χ1v) is 12.1. The van der Waals surface area contributed by atoms with Crippen LogP contribution in [-0.2, 0) is 4.79 Å². The van der Waals surface area contributed by atoms with Gasteiger partial charge >= 0.3 is 0 Å². The summed E-state index contributed by atoms with van der Waals surface area (Å²) in [6.07, 6.45) is 7.00. The summed E-state index contributed by atoms with van der Waals surface area (Å²) in [5.74, 6) is 3.23. The molecule has 0 saturated carbocycles. The highest BCUT2D eigenvalue weighted by atomic mass is 33.1. The van der Waals surface area contributed by atoms with Crippen molar-refractivity contribution in [3.63, 3.8) is 0 Å². The highest BCUT2D eigenvalue weighted by molar-refractivity contribution is 8.77. The third-order valence-corrected chi connectivity index (χ3v) is 8.22. The smallest absolute Gasteiger partial charge is 0.254 e. The largest absolute Gasteiger partial charge is 0.353 e. The minimum atomic E-state index is 0.305. The molecule has 4 heterocycles. The number of nitrogens with zero attached hydrogens (tertiary/aromatic N) is 6. The van der Waals surface area contributed by atoms with E-state index >= 15 is 0 Å². The molecule has 27 heavy (non-hydrogen) atoms. The fourth-order valence-corrected chi connectivity index (χ4v) is 6.72. The van der Waals surface area contributed by atoms with Crippen LogP contribution in [0.15, 0.2) is 12.4 Å². The van der Waals surface area contributed by atoms with Crippen molar-refractivity contribution in [2.45, 2.75) is 44.3 Å². The molecule has 1 atom stereocenters. The van der Waals surface area contributed by atoms with Gasteiger partial charge in [-0.2, -0.15) is 14.6 Å². The fourth-order valence-electron chi connectivity index (χ4n) is 3.69. The van der Waals surface area contributed by atoms with E-state index in [9.17, 15) is 4.79 Å². The molecule has 2 aliphatic rings. The van der Waals surface area contributed by atoms with Crippen LogP contribution in [-0.4, -0.2) is 67.6 Å². The second kappa shape index (κ2) is 8.68. The molecule has 1 unspecified atom stereocenters. The van der Waals surface area contributed by atoms with E-state index in [1.165, 1.54) is 31.3 Å². The lowest BCUT2D eigenvalue weighted by molar-refractivity contribution is -0.131. The Bertz CT molecular complexity index is 783. The quantitative estimate of drug-likeness (QED) is 0.540. The number of rotatable bonds is 6. The topological polar surface area (TPSA) is 66.6 Å². The number of fused-ring (bicyclic) bond motifs is 1. The first kappa shape index (κ1) is 18.9. The lowest BCUT2D eigenvalue weighted by atomic mass is 10.1. The Morgan fingerprint density at radius 2 is 2.11 bits per heavy atom. The van der Waals surface area contributed by atoms with Crippen LogP contribution in [0, 0.1) is 6.92 Å². The highest BCUT2D eigenvalue weighted by Gasteiger charge is 2.23. The average Bonchev–Trinajstić information content (AvgIpc) is 3.36. The Balaban J connectivity index is 1.25. The molecular weight excluding hydrogens is 380 g/mol. The predicted molar refractivity (Wildman–Crippen MR) is 111 cm³/mol. The van der Waals surface area contributed by atoms with Crippen molar-refractivity contribution in [1.29, 1.82) is 0 Å². The number of carbonyl (C=O) groups excluding carboxylic acids is 1. The summed E-state index contributed by atoms with van der Waals surface area (Å²) in [5, 5.41) is 5.10. The Morgan fingerprint density at radius 3 is 2.89 bits per heavy atom. The summed E-state index contributed by atoms with van der Waals surface area (Å²) in [6, 6.07) is 2.04. The number of amides is 1. The first-order chi connectivity index (χ1) is 13.2. The molecule has 4 rings (SSSR count). The molecule has 2 saturated heterocycles. The summed E-state index contributed by atoms with van der Waals surface area (Å²) in [6.45, 7) is 5.15. The van der Waals surface area contributed by atoms with E-state index in [4.69, 9.17) is 0 Å². The molecule has 0 N–H and O–H groups in total. The van der Waals surface area contributed by atoms with Gasteiger partial charge in [0.15, 0.2) is 0 Å². The molecule has 0 radical (unpaired) electrons. The Hall–Kier alpha value is -1.48.